The third-order valence-corrected chi connectivity index (χ3v) is 21.5. The second-order valence-electron chi connectivity index (χ2n) is 27.2. The van der Waals surface area contributed by atoms with Gasteiger partial charge in [-0.3, -0.25) is 0 Å². The fourth-order valence-corrected chi connectivity index (χ4v) is 13.7. The van der Waals surface area contributed by atoms with E-state index in [1.54, 1.807) is 51.1 Å². The molecular weight excluding hydrogens is 2110 g/mol. The number of fused-ring (bicyclic) bond motifs is 5. The molecule has 10 aromatic heterocycles. The molecular formula is C83H53Br2Cl2F7I2N30O5. The molecule has 0 saturated carbocycles. The number of nitrogens with one attached hydrogen (secondary N) is 10. The maximum absolute atomic E-state index is 14.2. The minimum absolute atomic E-state index is 0.0312. The largest absolute Gasteiger partial charge is 0.336 e. The molecule has 0 bridgehead atoms. The summed E-state index contributed by atoms with van der Waals surface area (Å²) in [5.41, 5.74) is 8.43. The van der Waals surface area contributed by atoms with Crippen molar-refractivity contribution in [2.24, 2.45) is 0 Å². The first-order valence-electron chi connectivity index (χ1n) is 37.7. The normalized spacial score (nSPS) is 10.9. The zero-order valence-corrected chi connectivity index (χ0v) is 75.5. The van der Waals surface area contributed by atoms with Crippen molar-refractivity contribution >= 4 is 272 Å². The number of hydrogen-bond acceptors (Lipinski definition) is 35. The van der Waals surface area contributed by atoms with Gasteiger partial charge in [-0.2, -0.15) is 0 Å². The first-order chi connectivity index (χ1) is 63.4. The molecule has 35 nitrogen and oxygen atoms in total. The van der Waals surface area contributed by atoms with Crippen LogP contribution in [0.2, 0.25) is 10.0 Å². The number of anilines is 20. The van der Waals surface area contributed by atoms with E-state index < -0.39 is 40.7 Å². The predicted octanol–water partition coefficient (Wildman–Crippen LogP) is 23.4. The first kappa shape index (κ1) is 89.5. The van der Waals surface area contributed by atoms with E-state index in [0.717, 1.165) is 79.8 Å². The Kier molecular flexibility index (Phi) is 27.7. The summed E-state index contributed by atoms with van der Waals surface area (Å²) in [6, 6.07) is 56.5. The van der Waals surface area contributed by atoms with Crippen LogP contribution in [0.1, 0.15) is 16.7 Å². The zero-order valence-electron chi connectivity index (χ0n) is 66.5. The minimum atomic E-state index is -0.831. The van der Waals surface area contributed by atoms with Crippen molar-refractivity contribution < 1.29 is 53.9 Å². The van der Waals surface area contributed by atoms with Crippen molar-refractivity contribution in [3.8, 4) is 0 Å². The van der Waals surface area contributed by atoms with Crippen LogP contribution in [-0.4, -0.2) is 101 Å². The van der Waals surface area contributed by atoms with E-state index in [1.807, 2.05) is 97.1 Å². The molecule has 0 spiro atoms. The van der Waals surface area contributed by atoms with E-state index in [2.05, 4.69) is 246 Å². The van der Waals surface area contributed by atoms with Gasteiger partial charge in [0.25, 0.3) is 0 Å². The lowest BCUT2D eigenvalue weighted by molar-refractivity contribution is 0.314. The van der Waals surface area contributed by atoms with Crippen LogP contribution in [-0.2, 0) is 0 Å². The second kappa shape index (κ2) is 40.6. The summed E-state index contributed by atoms with van der Waals surface area (Å²) in [6.07, 6.45) is 0. The van der Waals surface area contributed by atoms with Crippen LogP contribution in [0.5, 0.6) is 0 Å². The number of hydrogen-bond donors (Lipinski definition) is 10. The van der Waals surface area contributed by atoms with Gasteiger partial charge in [0.15, 0.2) is 58.2 Å². The smallest absolute Gasteiger partial charge is 0.245 e. The van der Waals surface area contributed by atoms with Gasteiger partial charge in [-0.1, -0.05) is 89.9 Å². The Bertz CT molecular complexity index is 6590. The van der Waals surface area contributed by atoms with Gasteiger partial charge in [0.2, 0.25) is 56.5 Å². The Balaban J connectivity index is 0.000000120. The fraction of sp³-hybridized carbons (Fsp3) is 0.0361. The lowest BCUT2D eigenvalue weighted by Gasteiger charge is -2.13. The van der Waals surface area contributed by atoms with Crippen molar-refractivity contribution in [2.75, 3.05) is 53.2 Å². The van der Waals surface area contributed by atoms with Crippen molar-refractivity contribution in [3.63, 3.8) is 0 Å². The molecule has 20 aromatic rings. The van der Waals surface area contributed by atoms with Crippen LogP contribution in [0, 0.1) is 68.6 Å². The molecule has 0 radical (unpaired) electrons. The van der Waals surface area contributed by atoms with E-state index in [-0.39, 0.29) is 113 Å². The summed E-state index contributed by atoms with van der Waals surface area (Å²) in [6.45, 7) is 5.30. The molecule has 10 aromatic carbocycles. The Morgan fingerprint density at radius 3 is 0.664 bits per heavy atom. The highest BCUT2D eigenvalue weighted by Crippen LogP contribution is 2.38. The van der Waals surface area contributed by atoms with Crippen molar-refractivity contribution in [1.82, 2.24) is 101 Å². The van der Waals surface area contributed by atoms with Crippen LogP contribution in [0.4, 0.5) is 146 Å². The van der Waals surface area contributed by atoms with Gasteiger partial charge in [0.05, 0.1) is 56.9 Å². The van der Waals surface area contributed by atoms with Gasteiger partial charge in [0, 0.05) is 32.2 Å². The summed E-state index contributed by atoms with van der Waals surface area (Å²) >= 11 is 23.1. The fourth-order valence-electron chi connectivity index (χ4n) is 11.5. The molecule has 10 N–H and O–H groups in total. The lowest BCUT2D eigenvalue weighted by atomic mass is 10.2. The quantitative estimate of drug-likeness (QED) is 0.0250. The lowest BCUT2D eigenvalue weighted by Crippen LogP contribution is -2.05. The van der Waals surface area contributed by atoms with Crippen LogP contribution < -0.4 is 53.2 Å². The molecule has 0 fully saturated rings. The number of para-hydroxylation sites is 4. The highest BCUT2D eigenvalue weighted by molar-refractivity contribution is 14.1. The Labute approximate surface area is 784 Å². The molecule has 0 atom stereocenters. The summed E-state index contributed by atoms with van der Waals surface area (Å²) in [7, 11) is 0. The number of aromatic nitrogens is 20. The summed E-state index contributed by atoms with van der Waals surface area (Å²) in [5, 5.41) is 67.1. The number of aryl methyl sites for hydroxylation is 3. The summed E-state index contributed by atoms with van der Waals surface area (Å²) in [4.78, 5) is 43.1. The van der Waals surface area contributed by atoms with Gasteiger partial charge in [-0.25, -0.2) is 104 Å². The first-order valence-corrected chi connectivity index (χ1v) is 42.2. The molecule has 0 saturated heterocycles. The van der Waals surface area contributed by atoms with Crippen molar-refractivity contribution in [1.29, 1.82) is 0 Å². The Hall–Kier alpha value is -14.9. The predicted molar refractivity (Wildman–Crippen MR) is 499 cm³/mol. The van der Waals surface area contributed by atoms with E-state index in [1.165, 1.54) is 54.6 Å². The molecule has 131 heavy (non-hydrogen) atoms. The van der Waals surface area contributed by atoms with Gasteiger partial charge in [-0.15, -0.1) is 0 Å². The molecule has 20 rings (SSSR count). The third-order valence-electron chi connectivity index (χ3n) is 17.8. The number of rotatable bonds is 20. The van der Waals surface area contributed by atoms with E-state index >= 15 is 0 Å². The maximum atomic E-state index is 14.2. The van der Waals surface area contributed by atoms with E-state index in [9.17, 15) is 30.7 Å². The summed E-state index contributed by atoms with van der Waals surface area (Å²) < 4.78 is 125. The van der Waals surface area contributed by atoms with Crippen LogP contribution in [0.3, 0.4) is 0 Å². The zero-order chi connectivity index (χ0) is 91.3. The molecule has 0 aliphatic rings. The molecule has 656 valence electrons. The van der Waals surface area contributed by atoms with Crippen molar-refractivity contribution in [3.05, 3.63) is 290 Å². The standard InChI is InChI=1S/2C17H11ClF2N6O.C17H11F3N6O.C16H10Br2N6O.C16H10I2N6O/c3*1-8-2-4-12(10(19)6-8)21-14-15(24-17-16(23-14)25-27-26-17)22-13-5-3-9(18)7-11(13)20;2*17-9-5-1-3-7-11(9)19-13-14(20-12-8-4-2-6-10(12)18)22-16-15(21-13)23-25-24-16/h3*2-7H,1H3,(H,21,23,25)(H,22,24,26);2*1-8H,(H,19,21,23)(H,20,22,24). The Morgan fingerprint density at radius 2 is 0.435 bits per heavy atom. The van der Waals surface area contributed by atoms with Crippen LogP contribution in [0.25, 0.3) is 56.5 Å². The number of benzene rings is 10. The molecule has 0 aliphatic carbocycles. The average molecular weight is 2170 g/mol. The summed E-state index contributed by atoms with van der Waals surface area (Å²) in [5.74, 6) is -1.52. The van der Waals surface area contributed by atoms with Gasteiger partial charge >= 0.3 is 0 Å². The molecule has 48 heteroatoms. The number of nitrogens with zero attached hydrogens (tertiary/aromatic N) is 20. The van der Waals surface area contributed by atoms with Crippen molar-refractivity contribution in [2.45, 2.75) is 20.8 Å². The van der Waals surface area contributed by atoms with Crippen LogP contribution >= 0.6 is 100 Å². The minimum Gasteiger partial charge on any atom is -0.336 e. The van der Waals surface area contributed by atoms with Gasteiger partial charge < -0.3 is 53.2 Å². The Morgan fingerprint density at radius 1 is 0.237 bits per heavy atom. The third kappa shape index (κ3) is 22.3. The molecule has 0 amide bonds. The maximum Gasteiger partial charge on any atom is 0.245 e. The molecule has 10 heterocycles. The van der Waals surface area contributed by atoms with Gasteiger partial charge in [-0.05, 0) is 300 Å². The SMILES string of the molecule is Brc1ccccc1Nc1nc2nonc2nc1Nc1ccccc1Br.Cc1ccc(Nc2nc3nonc3nc2Nc2ccc(Cl)cc2F)c(F)c1.Cc1ccc(Nc2nc3nonc3nc2Nc2ccc(Cl)cc2F)c(F)c1.Cc1ccc(Nc2nc3nonc3nc2Nc2ccc(F)cc2F)c(F)c1.Ic1ccccc1Nc1nc2nonc2nc1Nc1ccccc1I. The molecule has 0 unspecified atom stereocenters. The number of halogens is 13. The average Bonchev–Trinajstić information content (AvgIpc) is 1.73. The highest BCUT2D eigenvalue weighted by Gasteiger charge is 2.24. The monoisotopic (exact) mass is 2160 g/mol. The highest BCUT2D eigenvalue weighted by atomic mass is 127. The van der Waals surface area contributed by atoms with Gasteiger partial charge in [0.1, 0.15) is 40.7 Å². The second-order valence-corrected chi connectivity index (χ2v) is 32.1. The van der Waals surface area contributed by atoms with E-state index in [0.29, 0.717) is 45.9 Å². The van der Waals surface area contributed by atoms with Crippen LogP contribution in [0.15, 0.2) is 238 Å². The van der Waals surface area contributed by atoms with E-state index in [4.69, 9.17) is 32.5 Å². The molecule has 0 aliphatic heterocycles. The topological polar surface area (TPSA) is 444 Å².